The fourth-order valence-electron chi connectivity index (χ4n) is 4.05. The van der Waals surface area contributed by atoms with Gasteiger partial charge in [0.1, 0.15) is 11.5 Å². The van der Waals surface area contributed by atoms with Crippen LogP contribution in [-0.4, -0.2) is 51.6 Å². The third-order valence-electron chi connectivity index (χ3n) is 5.88. The van der Waals surface area contributed by atoms with Gasteiger partial charge in [0.2, 0.25) is 5.95 Å². The van der Waals surface area contributed by atoms with E-state index in [1.54, 1.807) is 18.3 Å². The molecule has 1 aromatic carbocycles. The predicted molar refractivity (Wildman–Crippen MR) is 122 cm³/mol. The van der Waals surface area contributed by atoms with Crippen molar-refractivity contribution in [3.8, 4) is 11.1 Å². The van der Waals surface area contributed by atoms with E-state index < -0.39 is 0 Å². The van der Waals surface area contributed by atoms with Crippen LogP contribution >= 0.6 is 0 Å². The van der Waals surface area contributed by atoms with Crippen LogP contribution in [0.5, 0.6) is 0 Å². The number of piperidine rings is 1. The summed E-state index contributed by atoms with van der Waals surface area (Å²) >= 11 is 0. The molecule has 1 atom stereocenters. The van der Waals surface area contributed by atoms with Gasteiger partial charge in [-0.15, -0.1) is 0 Å². The summed E-state index contributed by atoms with van der Waals surface area (Å²) in [5.74, 6) is 0.435. The highest BCUT2D eigenvalue weighted by Crippen LogP contribution is 2.37. The number of halogens is 1. The van der Waals surface area contributed by atoms with Gasteiger partial charge in [-0.1, -0.05) is 26.0 Å². The van der Waals surface area contributed by atoms with Crippen molar-refractivity contribution in [2.24, 2.45) is 0 Å². The Morgan fingerprint density at radius 1 is 1.22 bits per heavy atom. The van der Waals surface area contributed by atoms with Gasteiger partial charge in [0.05, 0.1) is 11.7 Å². The van der Waals surface area contributed by atoms with E-state index in [0.29, 0.717) is 18.2 Å². The highest BCUT2D eigenvalue weighted by Gasteiger charge is 2.33. The summed E-state index contributed by atoms with van der Waals surface area (Å²) in [4.78, 5) is 26.5. The number of likely N-dealkylation sites (tertiary alicyclic amines) is 1. The molecule has 1 amide bonds. The number of aromatic amines is 1. The van der Waals surface area contributed by atoms with Gasteiger partial charge in [-0.05, 0) is 48.9 Å². The summed E-state index contributed by atoms with van der Waals surface area (Å²) in [7, 11) is 3.77. The Hall–Kier alpha value is -3.29. The average Bonchev–Trinajstić information content (AvgIpc) is 3.29. The number of anilines is 1. The summed E-state index contributed by atoms with van der Waals surface area (Å²) in [5, 5.41) is 7.26. The predicted octanol–water partition coefficient (Wildman–Crippen LogP) is 4.56. The Kier molecular flexibility index (Phi) is 6.21. The first-order valence-electron chi connectivity index (χ1n) is 11.0. The van der Waals surface area contributed by atoms with Crippen LogP contribution in [0.2, 0.25) is 0 Å². The number of H-pyrrole nitrogens is 1. The topological polar surface area (TPSA) is 78.0 Å². The van der Waals surface area contributed by atoms with Crippen LogP contribution in [0, 0.1) is 5.82 Å². The van der Waals surface area contributed by atoms with Crippen molar-refractivity contribution in [1.82, 2.24) is 25.1 Å². The zero-order chi connectivity index (χ0) is 22.8. The number of hydrogen-bond donors (Lipinski definition) is 1. The van der Waals surface area contributed by atoms with Gasteiger partial charge in [-0.3, -0.25) is 9.89 Å². The van der Waals surface area contributed by atoms with E-state index in [9.17, 15) is 9.18 Å². The number of hydrogen-bond acceptors (Lipinski definition) is 5. The Bertz CT molecular complexity index is 1090. The van der Waals surface area contributed by atoms with E-state index in [4.69, 9.17) is 4.98 Å². The number of aromatic nitrogens is 4. The van der Waals surface area contributed by atoms with Gasteiger partial charge < -0.3 is 9.80 Å². The monoisotopic (exact) mass is 436 g/mol. The van der Waals surface area contributed by atoms with Gasteiger partial charge in [0.15, 0.2) is 0 Å². The summed E-state index contributed by atoms with van der Waals surface area (Å²) in [5.41, 5.74) is 3.77. The maximum atomic E-state index is 13.5. The molecule has 1 fully saturated rings. The molecule has 2 aromatic heterocycles. The number of nitrogens with zero attached hydrogens (tertiary/aromatic N) is 5. The van der Waals surface area contributed by atoms with Gasteiger partial charge >= 0.3 is 0 Å². The summed E-state index contributed by atoms with van der Waals surface area (Å²) < 4.78 is 13.5. The smallest absolute Gasteiger partial charge is 0.274 e. The van der Waals surface area contributed by atoms with Crippen molar-refractivity contribution in [3.05, 3.63) is 59.4 Å². The molecule has 1 N–H and O–H groups in total. The Morgan fingerprint density at radius 3 is 2.62 bits per heavy atom. The van der Waals surface area contributed by atoms with Crippen LogP contribution < -0.4 is 4.90 Å². The lowest BCUT2D eigenvalue weighted by Gasteiger charge is -2.36. The third-order valence-corrected chi connectivity index (χ3v) is 5.88. The number of amides is 1. The molecule has 168 valence electrons. The lowest BCUT2D eigenvalue weighted by atomic mass is 9.93. The molecular weight excluding hydrogens is 407 g/mol. The van der Waals surface area contributed by atoms with Crippen LogP contribution in [0.15, 0.2) is 36.5 Å². The first-order chi connectivity index (χ1) is 15.3. The van der Waals surface area contributed by atoms with Crippen LogP contribution in [0.3, 0.4) is 0 Å². The molecule has 0 aliphatic carbocycles. The van der Waals surface area contributed by atoms with Gasteiger partial charge in [-0.2, -0.15) is 5.10 Å². The van der Waals surface area contributed by atoms with Crippen LogP contribution in [0.1, 0.15) is 66.9 Å². The standard InChI is InChI=1S/C24H29FN6O/c1-15(2)19-13-20(29-28-19)23(32)31-12-6-5-7-21(31)22-18(14-26-24(27-22)30(3)4)16-8-10-17(25)11-9-16/h8-11,13-15,21H,5-7,12H2,1-4H3,(H,28,29)/t21-/m1/s1. The van der Waals surface area contributed by atoms with Crippen molar-refractivity contribution in [2.45, 2.75) is 45.1 Å². The zero-order valence-corrected chi connectivity index (χ0v) is 19.0. The molecule has 7 nitrogen and oxygen atoms in total. The second-order valence-electron chi connectivity index (χ2n) is 8.74. The van der Waals surface area contributed by atoms with E-state index in [2.05, 4.69) is 29.0 Å². The number of benzene rings is 1. The second kappa shape index (κ2) is 9.06. The van der Waals surface area contributed by atoms with Crippen molar-refractivity contribution < 1.29 is 9.18 Å². The lowest BCUT2D eigenvalue weighted by molar-refractivity contribution is 0.0600. The number of carbonyl (C=O) groups is 1. The van der Waals surface area contributed by atoms with E-state index in [1.807, 2.05) is 30.0 Å². The van der Waals surface area contributed by atoms with Crippen molar-refractivity contribution in [1.29, 1.82) is 0 Å². The molecule has 1 aliphatic heterocycles. The fraction of sp³-hybridized carbons (Fsp3) is 0.417. The largest absolute Gasteiger partial charge is 0.347 e. The van der Waals surface area contributed by atoms with Gasteiger partial charge in [-0.25, -0.2) is 14.4 Å². The highest BCUT2D eigenvalue weighted by atomic mass is 19.1. The number of nitrogens with one attached hydrogen (secondary N) is 1. The molecule has 0 saturated carbocycles. The minimum atomic E-state index is -0.296. The minimum Gasteiger partial charge on any atom is -0.347 e. The average molecular weight is 437 g/mol. The molecule has 1 saturated heterocycles. The quantitative estimate of drug-likeness (QED) is 0.634. The molecule has 3 aromatic rings. The molecule has 0 bridgehead atoms. The van der Waals surface area contributed by atoms with E-state index in [0.717, 1.165) is 41.8 Å². The summed E-state index contributed by atoms with van der Waals surface area (Å²) in [6, 6.07) is 7.94. The SMILES string of the molecule is CC(C)c1cc(C(=O)N2CCCC[C@@H]2c2nc(N(C)C)ncc2-c2ccc(F)cc2)n[nH]1. The first kappa shape index (κ1) is 21.9. The molecule has 1 aliphatic rings. The Labute approximate surface area is 187 Å². The fourth-order valence-corrected chi connectivity index (χ4v) is 4.05. The lowest BCUT2D eigenvalue weighted by Crippen LogP contribution is -2.39. The normalized spacial score (nSPS) is 16.4. The molecule has 8 heteroatoms. The molecular formula is C24H29FN6O. The maximum absolute atomic E-state index is 13.5. The van der Waals surface area contributed by atoms with Gasteiger partial charge in [0, 0.05) is 38.1 Å². The second-order valence-corrected chi connectivity index (χ2v) is 8.74. The van der Waals surface area contributed by atoms with Crippen LogP contribution in [-0.2, 0) is 0 Å². The maximum Gasteiger partial charge on any atom is 0.274 e. The molecule has 0 unspecified atom stereocenters. The Morgan fingerprint density at radius 2 is 1.97 bits per heavy atom. The van der Waals surface area contributed by atoms with Crippen molar-refractivity contribution in [2.75, 3.05) is 25.5 Å². The molecule has 0 radical (unpaired) electrons. The Balaban J connectivity index is 1.76. The van der Waals surface area contributed by atoms with Crippen molar-refractivity contribution >= 4 is 11.9 Å². The van der Waals surface area contributed by atoms with Crippen LogP contribution in [0.25, 0.3) is 11.1 Å². The highest BCUT2D eigenvalue weighted by molar-refractivity contribution is 5.93. The summed E-state index contributed by atoms with van der Waals surface area (Å²) in [6.07, 6.45) is 4.50. The molecule has 0 spiro atoms. The first-order valence-corrected chi connectivity index (χ1v) is 11.0. The molecule has 3 heterocycles. The number of carbonyl (C=O) groups excluding carboxylic acids is 1. The van der Waals surface area contributed by atoms with Crippen molar-refractivity contribution in [3.63, 3.8) is 0 Å². The molecule has 4 rings (SSSR count). The number of rotatable bonds is 5. The van der Waals surface area contributed by atoms with E-state index in [1.165, 1.54) is 12.1 Å². The zero-order valence-electron chi connectivity index (χ0n) is 19.0. The van der Waals surface area contributed by atoms with E-state index >= 15 is 0 Å². The molecule has 32 heavy (non-hydrogen) atoms. The summed E-state index contributed by atoms with van der Waals surface area (Å²) in [6.45, 7) is 4.76. The van der Waals surface area contributed by atoms with E-state index in [-0.39, 0.29) is 23.7 Å². The van der Waals surface area contributed by atoms with Crippen LogP contribution in [0.4, 0.5) is 10.3 Å². The minimum absolute atomic E-state index is 0.104. The third kappa shape index (κ3) is 4.35. The van der Waals surface area contributed by atoms with Gasteiger partial charge in [0.25, 0.3) is 5.91 Å².